The second-order valence-electron chi connectivity index (χ2n) is 5.17. The molecule has 19 heavy (non-hydrogen) atoms. The second-order valence-corrected chi connectivity index (χ2v) is 5.17. The number of amides is 3. The largest absolute Gasteiger partial charge is 0.339 e. The molecule has 108 valence electrons. The van der Waals surface area contributed by atoms with Crippen molar-refractivity contribution >= 4 is 11.9 Å². The molecule has 0 saturated carbocycles. The fourth-order valence-corrected chi connectivity index (χ4v) is 2.72. The second kappa shape index (κ2) is 6.75. The first-order valence-corrected chi connectivity index (χ1v) is 7.24. The lowest BCUT2D eigenvalue weighted by Gasteiger charge is -2.37. The number of piperazine rings is 1. The van der Waals surface area contributed by atoms with Gasteiger partial charge in [-0.1, -0.05) is 0 Å². The van der Waals surface area contributed by atoms with Gasteiger partial charge in [0.1, 0.15) is 0 Å². The van der Waals surface area contributed by atoms with Crippen LogP contribution >= 0.6 is 0 Å². The van der Waals surface area contributed by atoms with Crippen LogP contribution in [0.5, 0.6) is 0 Å². The Kier molecular flexibility index (Phi) is 5.01. The van der Waals surface area contributed by atoms with Crippen LogP contribution in [0.15, 0.2) is 0 Å². The molecule has 0 aromatic heterocycles. The van der Waals surface area contributed by atoms with Gasteiger partial charge in [-0.25, -0.2) is 4.79 Å². The molecule has 2 fully saturated rings. The lowest BCUT2D eigenvalue weighted by molar-refractivity contribution is -0.137. The molecule has 2 N–H and O–H groups in total. The third-order valence-electron chi connectivity index (χ3n) is 3.89. The van der Waals surface area contributed by atoms with E-state index in [9.17, 15) is 9.59 Å². The van der Waals surface area contributed by atoms with Crippen LogP contribution in [0.2, 0.25) is 0 Å². The van der Waals surface area contributed by atoms with Gasteiger partial charge in [-0.05, 0) is 32.9 Å². The van der Waals surface area contributed by atoms with E-state index in [-0.39, 0.29) is 17.9 Å². The highest BCUT2D eigenvalue weighted by molar-refractivity contribution is 5.79. The van der Waals surface area contributed by atoms with Crippen LogP contribution < -0.4 is 10.6 Å². The van der Waals surface area contributed by atoms with E-state index in [1.165, 1.54) is 0 Å². The third-order valence-corrected chi connectivity index (χ3v) is 3.89. The minimum Gasteiger partial charge on any atom is -0.339 e. The van der Waals surface area contributed by atoms with Crippen LogP contribution in [-0.2, 0) is 4.79 Å². The summed E-state index contributed by atoms with van der Waals surface area (Å²) in [5, 5.41) is 6.07. The molecule has 0 aromatic rings. The zero-order valence-electron chi connectivity index (χ0n) is 11.7. The van der Waals surface area contributed by atoms with Gasteiger partial charge in [0.25, 0.3) is 0 Å². The Bertz CT molecular complexity index is 321. The van der Waals surface area contributed by atoms with Gasteiger partial charge in [0, 0.05) is 38.6 Å². The summed E-state index contributed by atoms with van der Waals surface area (Å²) < 4.78 is 0. The topological polar surface area (TPSA) is 64.7 Å². The first-order chi connectivity index (χ1) is 9.22. The van der Waals surface area contributed by atoms with E-state index in [1.54, 1.807) is 4.90 Å². The van der Waals surface area contributed by atoms with Crippen LogP contribution in [0.4, 0.5) is 4.79 Å². The highest BCUT2D eigenvalue weighted by Gasteiger charge is 2.29. The summed E-state index contributed by atoms with van der Waals surface area (Å²) in [5.41, 5.74) is 0. The quantitative estimate of drug-likeness (QED) is 0.732. The smallest absolute Gasteiger partial charge is 0.317 e. The van der Waals surface area contributed by atoms with Crippen molar-refractivity contribution in [1.82, 2.24) is 20.4 Å². The van der Waals surface area contributed by atoms with Crippen molar-refractivity contribution in [1.29, 1.82) is 0 Å². The molecule has 2 aliphatic heterocycles. The first kappa shape index (κ1) is 14.1. The lowest BCUT2D eigenvalue weighted by atomic mass is 9.96. The number of nitrogens with one attached hydrogen (secondary N) is 2. The molecule has 2 saturated heterocycles. The van der Waals surface area contributed by atoms with Gasteiger partial charge < -0.3 is 20.4 Å². The average molecular weight is 268 g/mol. The van der Waals surface area contributed by atoms with Crippen molar-refractivity contribution in [2.45, 2.75) is 19.8 Å². The maximum absolute atomic E-state index is 12.3. The number of nitrogens with zero attached hydrogens (tertiary/aromatic N) is 2. The SMILES string of the molecule is CCNC(=O)N1CCN(C(=O)C2CCNCC2)CC1. The molecule has 0 radical (unpaired) electrons. The zero-order chi connectivity index (χ0) is 13.7. The molecule has 2 rings (SSSR count). The van der Waals surface area contributed by atoms with E-state index in [0.717, 1.165) is 25.9 Å². The Balaban J connectivity index is 1.79. The van der Waals surface area contributed by atoms with Gasteiger partial charge >= 0.3 is 6.03 Å². The molecule has 2 heterocycles. The molecule has 0 bridgehead atoms. The monoisotopic (exact) mass is 268 g/mol. The lowest BCUT2D eigenvalue weighted by Crippen LogP contribution is -2.54. The first-order valence-electron chi connectivity index (χ1n) is 7.24. The van der Waals surface area contributed by atoms with Gasteiger partial charge in [0.05, 0.1) is 0 Å². The zero-order valence-corrected chi connectivity index (χ0v) is 11.7. The minimum absolute atomic E-state index is 0.0172. The maximum Gasteiger partial charge on any atom is 0.317 e. The van der Waals surface area contributed by atoms with Crippen molar-refractivity contribution < 1.29 is 9.59 Å². The summed E-state index contributed by atoms with van der Waals surface area (Å²) in [6.07, 6.45) is 1.88. The summed E-state index contributed by atoms with van der Waals surface area (Å²) in [6, 6.07) is -0.0172. The Morgan fingerprint density at radius 1 is 1.11 bits per heavy atom. The van der Waals surface area contributed by atoms with Gasteiger partial charge in [-0.3, -0.25) is 4.79 Å². The van der Waals surface area contributed by atoms with Crippen molar-refractivity contribution in [3.63, 3.8) is 0 Å². The standard InChI is InChI=1S/C13H24N4O2/c1-2-15-13(19)17-9-7-16(8-10-17)12(18)11-3-5-14-6-4-11/h11,14H,2-10H2,1H3,(H,15,19). The highest BCUT2D eigenvalue weighted by atomic mass is 16.2. The molecule has 3 amide bonds. The van der Waals surface area contributed by atoms with E-state index in [2.05, 4.69) is 10.6 Å². The number of carbonyl (C=O) groups excluding carboxylic acids is 2. The molecule has 0 aromatic carbocycles. The Morgan fingerprint density at radius 3 is 2.26 bits per heavy atom. The Labute approximate surface area is 114 Å². The van der Waals surface area contributed by atoms with Crippen molar-refractivity contribution in [2.24, 2.45) is 5.92 Å². The molecule has 0 atom stereocenters. The molecule has 6 heteroatoms. The van der Waals surface area contributed by atoms with Crippen molar-refractivity contribution in [2.75, 3.05) is 45.8 Å². The summed E-state index contributed by atoms with van der Waals surface area (Å²) in [6.45, 7) is 7.05. The predicted molar refractivity (Wildman–Crippen MR) is 72.8 cm³/mol. The number of carbonyl (C=O) groups is 2. The molecule has 0 unspecified atom stereocenters. The van der Waals surface area contributed by atoms with Gasteiger partial charge in [-0.15, -0.1) is 0 Å². The van der Waals surface area contributed by atoms with Crippen LogP contribution in [0.25, 0.3) is 0 Å². The normalized spacial score (nSPS) is 21.3. The van der Waals surface area contributed by atoms with E-state index >= 15 is 0 Å². The van der Waals surface area contributed by atoms with Gasteiger partial charge in [0.2, 0.25) is 5.91 Å². The van der Waals surface area contributed by atoms with Crippen LogP contribution in [-0.4, -0.2) is 67.6 Å². The van der Waals surface area contributed by atoms with E-state index in [4.69, 9.17) is 0 Å². The van der Waals surface area contributed by atoms with Gasteiger partial charge in [-0.2, -0.15) is 0 Å². The average Bonchev–Trinajstić information content (AvgIpc) is 2.48. The summed E-state index contributed by atoms with van der Waals surface area (Å²) in [7, 11) is 0. The van der Waals surface area contributed by atoms with Crippen molar-refractivity contribution in [3.05, 3.63) is 0 Å². The third kappa shape index (κ3) is 3.59. The van der Waals surface area contributed by atoms with Crippen molar-refractivity contribution in [3.8, 4) is 0 Å². The molecule has 6 nitrogen and oxygen atoms in total. The van der Waals surface area contributed by atoms with Gasteiger partial charge in [0.15, 0.2) is 0 Å². The Morgan fingerprint density at radius 2 is 1.68 bits per heavy atom. The molecular weight excluding hydrogens is 244 g/mol. The molecular formula is C13H24N4O2. The summed E-state index contributed by atoms with van der Waals surface area (Å²) >= 11 is 0. The number of hydrogen-bond acceptors (Lipinski definition) is 3. The molecule has 0 aliphatic carbocycles. The predicted octanol–water partition coefficient (Wildman–Crippen LogP) is -0.140. The molecule has 2 aliphatic rings. The maximum atomic E-state index is 12.3. The fraction of sp³-hybridized carbons (Fsp3) is 0.846. The summed E-state index contributed by atoms with van der Waals surface area (Å²) in [4.78, 5) is 27.7. The highest BCUT2D eigenvalue weighted by Crippen LogP contribution is 2.16. The molecule has 0 spiro atoms. The number of piperidine rings is 1. The fourth-order valence-electron chi connectivity index (χ4n) is 2.72. The number of hydrogen-bond donors (Lipinski definition) is 2. The Hall–Kier alpha value is -1.30. The minimum atomic E-state index is -0.0172. The summed E-state index contributed by atoms with van der Waals surface area (Å²) in [5.74, 6) is 0.453. The van der Waals surface area contributed by atoms with Crippen LogP contribution in [0.3, 0.4) is 0 Å². The number of urea groups is 1. The van der Waals surface area contributed by atoms with Crippen LogP contribution in [0.1, 0.15) is 19.8 Å². The van der Waals surface area contributed by atoms with Crippen LogP contribution in [0, 0.1) is 5.92 Å². The van der Waals surface area contributed by atoms with E-state index in [1.807, 2.05) is 11.8 Å². The van der Waals surface area contributed by atoms with E-state index < -0.39 is 0 Å². The van der Waals surface area contributed by atoms with E-state index in [0.29, 0.717) is 32.7 Å². The number of rotatable bonds is 2.